The fourth-order valence-electron chi connectivity index (χ4n) is 3.35. The van der Waals surface area contributed by atoms with Gasteiger partial charge in [0.2, 0.25) is 5.91 Å². The van der Waals surface area contributed by atoms with Gasteiger partial charge in [0.25, 0.3) is 0 Å². The molecule has 0 bridgehead atoms. The monoisotopic (exact) mass is 272 g/mol. The lowest BCUT2D eigenvalue weighted by molar-refractivity contribution is -0.138. The Morgan fingerprint density at radius 1 is 1.35 bits per heavy atom. The summed E-state index contributed by atoms with van der Waals surface area (Å²) in [6.45, 7) is 5.06. The summed E-state index contributed by atoms with van der Waals surface area (Å²) in [5, 5.41) is 3.27. The fourth-order valence-corrected chi connectivity index (χ4v) is 3.35. The van der Waals surface area contributed by atoms with Crippen LogP contribution in [0, 0.1) is 11.8 Å². The number of hydrogen-bond donors (Lipinski definition) is 1. The number of nitrogens with zero attached hydrogens (tertiary/aromatic N) is 1. The standard InChI is InChI=1S/C17H24N2O/c1-13(15-11-18-12-15)17(20)19-9-5-8-16(19)10-14-6-3-2-4-7-14/h2-4,6-7,13,15-16,18H,5,8-12H2,1H3. The first-order valence-electron chi connectivity index (χ1n) is 7.81. The summed E-state index contributed by atoms with van der Waals surface area (Å²) in [6, 6.07) is 11.0. The van der Waals surface area contributed by atoms with Gasteiger partial charge in [-0.3, -0.25) is 4.79 Å². The highest BCUT2D eigenvalue weighted by molar-refractivity contribution is 5.79. The first-order chi connectivity index (χ1) is 9.75. The number of benzene rings is 1. The van der Waals surface area contributed by atoms with Crippen molar-refractivity contribution < 1.29 is 4.79 Å². The van der Waals surface area contributed by atoms with Crippen LogP contribution in [0.4, 0.5) is 0 Å². The van der Waals surface area contributed by atoms with E-state index in [1.54, 1.807) is 0 Å². The topological polar surface area (TPSA) is 32.3 Å². The molecular weight excluding hydrogens is 248 g/mol. The maximum absolute atomic E-state index is 12.7. The van der Waals surface area contributed by atoms with Gasteiger partial charge in [-0.15, -0.1) is 0 Å². The molecule has 0 aromatic heterocycles. The highest BCUT2D eigenvalue weighted by Gasteiger charge is 2.36. The third-order valence-electron chi connectivity index (χ3n) is 4.88. The van der Waals surface area contributed by atoms with Gasteiger partial charge in [-0.05, 0) is 43.8 Å². The zero-order chi connectivity index (χ0) is 13.9. The third kappa shape index (κ3) is 2.73. The van der Waals surface area contributed by atoms with Crippen LogP contribution in [0.5, 0.6) is 0 Å². The Kier molecular flexibility index (Phi) is 4.06. The van der Waals surface area contributed by atoms with Gasteiger partial charge in [-0.1, -0.05) is 37.3 Å². The first-order valence-corrected chi connectivity index (χ1v) is 7.81. The molecule has 2 heterocycles. The molecule has 0 radical (unpaired) electrons. The predicted molar refractivity (Wildman–Crippen MR) is 80.4 cm³/mol. The first kappa shape index (κ1) is 13.6. The second kappa shape index (κ2) is 5.96. The van der Waals surface area contributed by atoms with E-state index < -0.39 is 0 Å². The molecule has 3 rings (SSSR count). The number of carbonyl (C=O) groups is 1. The van der Waals surface area contributed by atoms with Crippen LogP contribution in [-0.4, -0.2) is 36.5 Å². The quantitative estimate of drug-likeness (QED) is 0.910. The molecule has 1 aromatic carbocycles. The second-order valence-electron chi connectivity index (χ2n) is 6.22. The predicted octanol–water partition coefficient (Wildman–Crippen LogP) is 2.08. The van der Waals surface area contributed by atoms with Crippen molar-refractivity contribution in [2.45, 2.75) is 32.2 Å². The van der Waals surface area contributed by atoms with Gasteiger partial charge in [-0.25, -0.2) is 0 Å². The summed E-state index contributed by atoms with van der Waals surface area (Å²) in [7, 11) is 0. The average molecular weight is 272 g/mol. The van der Waals surface area contributed by atoms with Crippen molar-refractivity contribution in [3.8, 4) is 0 Å². The molecule has 108 valence electrons. The molecule has 2 aliphatic rings. The van der Waals surface area contributed by atoms with Crippen molar-refractivity contribution in [2.24, 2.45) is 11.8 Å². The lowest BCUT2D eigenvalue weighted by Gasteiger charge is -2.35. The van der Waals surface area contributed by atoms with Crippen molar-refractivity contribution in [1.82, 2.24) is 10.2 Å². The van der Waals surface area contributed by atoms with Gasteiger partial charge in [0.05, 0.1) is 0 Å². The van der Waals surface area contributed by atoms with Gasteiger partial charge in [-0.2, -0.15) is 0 Å². The lowest BCUT2D eigenvalue weighted by atomic mass is 9.87. The van der Waals surface area contributed by atoms with E-state index in [4.69, 9.17) is 0 Å². The van der Waals surface area contributed by atoms with Crippen LogP contribution in [0.3, 0.4) is 0 Å². The Labute approximate surface area is 121 Å². The maximum Gasteiger partial charge on any atom is 0.226 e. The van der Waals surface area contributed by atoms with E-state index in [-0.39, 0.29) is 5.92 Å². The molecule has 1 aromatic rings. The molecule has 2 atom stereocenters. The normalized spacial score (nSPS) is 24.4. The van der Waals surface area contributed by atoms with E-state index >= 15 is 0 Å². The number of likely N-dealkylation sites (tertiary alicyclic amines) is 1. The van der Waals surface area contributed by atoms with Crippen LogP contribution in [0.1, 0.15) is 25.3 Å². The summed E-state index contributed by atoms with van der Waals surface area (Å²) >= 11 is 0. The van der Waals surface area contributed by atoms with Crippen LogP contribution in [-0.2, 0) is 11.2 Å². The fraction of sp³-hybridized carbons (Fsp3) is 0.588. The summed E-state index contributed by atoms with van der Waals surface area (Å²) < 4.78 is 0. The van der Waals surface area contributed by atoms with Gasteiger partial charge in [0, 0.05) is 18.5 Å². The number of amides is 1. The molecule has 1 amide bonds. The van der Waals surface area contributed by atoms with Crippen LogP contribution >= 0.6 is 0 Å². The molecule has 2 unspecified atom stereocenters. The molecule has 0 saturated carbocycles. The smallest absolute Gasteiger partial charge is 0.226 e. The van der Waals surface area contributed by atoms with Crippen LogP contribution in [0.25, 0.3) is 0 Å². The largest absolute Gasteiger partial charge is 0.339 e. The van der Waals surface area contributed by atoms with Crippen molar-refractivity contribution in [3.63, 3.8) is 0 Å². The Hall–Kier alpha value is -1.35. The molecule has 2 saturated heterocycles. The molecule has 0 aliphatic carbocycles. The third-order valence-corrected chi connectivity index (χ3v) is 4.88. The number of nitrogens with one attached hydrogen (secondary N) is 1. The Morgan fingerprint density at radius 2 is 2.10 bits per heavy atom. The summed E-state index contributed by atoms with van der Waals surface area (Å²) in [4.78, 5) is 14.8. The van der Waals surface area contributed by atoms with Crippen LogP contribution in [0.2, 0.25) is 0 Å². The van der Waals surface area contributed by atoms with Gasteiger partial charge in [0.1, 0.15) is 0 Å². The average Bonchev–Trinajstić information content (AvgIpc) is 2.85. The summed E-state index contributed by atoms with van der Waals surface area (Å²) in [5.41, 5.74) is 1.34. The highest BCUT2D eigenvalue weighted by atomic mass is 16.2. The molecule has 20 heavy (non-hydrogen) atoms. The van der Waals surface area contributed by atoms with Crippen LogP contribution < -0.4 is 5.32 Å². The van der Waals surface area contributed by atoms with E-state index in [9.17, 15) is 4.79 Å². The molecule has 1 N–H and O–H groups in total. The molecular formula is C17H24N2O. The van der Waals surface area contributed by atoms with E-state index in [0.29, 0.717) is 17.9 Å². The van der Waals surface area contributed by atoms with E-state index in [2.05, 4.69) is 41.4 Å². The van der Waals surface area contributed by atoms with Crippen molar-refractivity contribution in [1.29, 1.82) is 0 Å². The van der Waals surface area contributed by atoms with Crippen LogP contribution in [0.15, 0.2) is 30.3 Å². The van der Waals surface area contributed by atoms with Crippen molar-refractivity contribution in [2.75, 3.05) is 19.6 Å². The summed E-state index contributed by atoms with van der Waals surface area (Å²) in [6.07, 6.45) is 3.30. The molecule has 3 nitrogen and oxygen atoms in total. The maximum atomic E-state index is 12.7. The Morgan fingerprint density at radius 3 is 2.75 bits per heavy atom. The highest BCUT2D eigenvalue weighted by Crippen LogP contribution is 2.26. The Balaban J connectivity index is 1.64. The molecule has 0 spiro atoms. The minimum absolute atomic E-state index is 0.174. The van der Waals surface area contributed by atoms with E-state index in [0.717, 1.165) is 38.9 Å². The van der Waals surface area contributed by atoms with Gasteiger partial charge < -0.3 is 10.2 Å². The second-order valence-corrected chi connectivity index (χ2v) is 6.22. The van der Waals surface area contributed by atoms with E-state index in [1.807, 2.05) is 6.07 Å². The minimum Gasteiger partial charge on any atom is -0.339 e. The molecule has 3 heteroatoms. The number of rotatable bonds is 4. The van der Waals surface area contributed by atoms with E-state index in [1.165, 1.54) is 5.56 Å². The van der Waals surface area contributed by atoms with Crippen molar-refractivity contribution >= 4 is 5.91 Å². The molecule has 2 aliphatic heterocycles. The zero-order valence-electron chi connectivity index (χ0n) is 12.2. The number of carbonyl (C=O) groups excluding carboxylic acids is 1. The lowest BCUT2D eigenvalue weighted by Crippen LogP contribution is -2.51. The summed E-state index contributed by atoms with van der Waals surface area (Å²) in [5.74, 6) is 1.09. The Bertz CT molecular complexity index is 455. The molecule has 2 fully saturated rings. The van der Waals surface area contributed by atoms with Crippen molar-refractivity contribution in [3.05, 3.63) is 35.9 Å². The minimum atomic E-state index is 0.174. The zero-order valence-corrected chi connectivity index (χ0v) is 12.2. The number of hydrogen-bond acceptors (Lipinski definition) is 2. The van der Waals surface area contributed by atoms with Gasteiger partial charge in [0.15, 0.2) is 0 Å². The van der Waals surface area contributed by atoms with Gasteiger partial charge >= 0.3 is 0 Å². The SMILES string of the molecule is CC(C(=O)N1CCCC1Cc1ccccc1)C1CNC1.